The maximum Gasteiger partial charge on any atom is 0.193 e. The summed E-state index contributed by atoms with van der Waals surface area (Å²) < 4.78 is 0. The van der Waals surface area contributed by atoms with Crippen molar-refractivity contribution in [3.8, 4) is 0 Å². The van der Waals surface area contributed by atoms with Gasteiger partial charge in [-0.3, -0.25) is 9.89 Å². The summed E-state index contributed by atoms with van der Waals surface area (Å²) in [5.41, 5.74) is 0.380. The first-order chi connectivity index (χ1) is 9.68. The molecule has 0 aromatic carbocycles. The van der Waals surface area contributed by atoms with Crippen molar-refractivity contribution in [1.29, 1.82) is 0 Å². The van der Waals surface area contributed by atoms with Gasteiger partial charge in [0.05, 0.1) is 0 Å². The molecule has 1 saturated heterocycles. The maximum absolute atomic E-state index is 4.36. The number of halogens is 1. The van der Waals surface area contributed by atoms with Crippen molar-refractivity contribution >= 4 is 29.9 Å². The zero-order valence-electron chi connectivity index (χ0n) is 14.0. The Labute approximate surface area is 147 Å². The van der Waals surface area contributed by atoms with Crippen LogP contribution >= 0.6 is 24.0 Å². The topological polar surface area (TPSA) is 30.9 Å². The average molecular weight is 408 g/mol. The molecule has 1 aliphatic carbocycles. The lowest BCUT2D eigenvalue weighted by molar-refractivity contribution is 0.0365. The van der Waals surface area contributed by atoms with Crippen molar-refractivity contribution in [2.45, 2.75) is 56.9 Å². The lowest BCUT2D eigenvalue weighted by Gasteiger charge is -2.48. The van der Waals surface area contributed by atoms with E-state index in [1.165, 1.54) is 64.5 Å². The van der Waals surface area contributed by atoms with Gasteiger partial charge in [-0.05, 0) is 38.8 Å². The van der Waals surface area contributed by atoms with Gasteiger partial charge in [-0.1, -0.05) is 25.7 Å². The predicted octanol–water partition coefficient (Wildman–Crippen LogP) is 2.93. The highest BCUT2D eigenvalue weighted by atomic mass is 127. The van der Waals surface area contributed by atoms with Crippen LogP contribution in [0.25, 0.3) is 0 Å². The molecule has 4 nitrogen and oxygen atoms in total. The van der Waals surface area contributed by atoms with Gasteiger partial charge in [-0.25, -0.2) is 0 Å². The number of hydrogen-bond acceptors (Lipinski definition) is 2. The third kappa shape index (κ3) is 4.98. The van der Waals surface area contributed by atoms with Gasteiger partial charge in [0, 0.05) is 33.2 Å². The lowest BCUT2D eigenvalue weighted by Crippen LogP contribution is -2.59. The van der Waals surface area contributed by atoms with Gasteiger partial charge in [0.2, 0.25) is 0 Å². The summed E-state index contributed by atoms with van der Waals surface area (Å²) >= 11 is 0. The van der Waals surface area contributed by atoms with Gasteiger partial charge in [-0.2, -0.15) is 0 Å². The quantitative estimate of drug-likeness (QED) is 0.443. The fraction of sp³-hybridized carbons (Fsp3) is 0.938. The van der Waals surface area contributed by atoms with Crippen LogP contribution in [-0.4, -0.2) is 62.1 Å². The van der Waals surface area contributed by atoms with Gasteiger partial charge in [0.25, 0.3) is 0 Å². The Morgan fingerprint density at radius 1 is 1.05 bits per heavy atom. The molecule has 0 aromatic heterocycles. The summed E-state index contributed by atoms with van der Waals surface area (Å²) in [6.45, 7) is 3.64. The van der Waals surface area contributed by atoms with E-state index in [2.05, 4.69) is 34.2 Å². The van der Waals surface area contributed by atoms with Crippen LogP contribution in [0.2, 0.25) is 0 Å². The molecule has 0 spiro atoms. The standard InChI is InChI=1S/C16H32N4.HI/c1-17-15(19(2)3)18-14-16(10-6-4-7-11-16)20-12-8-5-9-13-20;/h4-14H2,1-3H3,(H,17,18);1H. The largest absolute Gasteiger partial charge is 0.354 e. The predicted molar refractivity (Wildman–Crippen MR) is 102 cm³/mol. The first kappa shape index (κ1) is 19.0. The Kier molecular flexibility index (Phi) is 8.31. The number of piperidine rings is 1. The Bertz CT molecular complexity index is 318. The average Bonchev–Trinajstić information content (AvgIpc) is 2.49. The number of likely N-dealkylation sites (tertiary alicyclic amines) is 1. The van der Waals surface area contributed by atoms with Crippen molar-refractivity contribution in [3.05, 3.63) is 0 Å². The van der Waals surface area contributed by atoms with Crippen molar-refractivity contribution in [3.63, 3.8) is 0 Å². The van der Waals surface area contributed by atoms with Gasteiger partial charge in [-0.15, -0.1) is 24.0 Å². The second kappa shape index (κ2) is 9.18. The summed E-state index contributed by atoms with van der Waals surface area (Å²) in [5, 5.41) is 3.61. The first-order valence-electron chi connectivity index (χ1n) is 8.31. The number of aliphatic imine (C=N–C) groups is 1. The highest BCUT2D eigenvalue weighted by Crippen LogP contribution is 2.35. The van der Waals surface area contributed by atoms with E-state index in [1.54, 1.807) is 0 Å². The number of guanidine groups is 1. The number of nitrogens with zero attached hydrogens (tertiary/aromatic N) is 3. The van der Waals surface area contributed by atoms with E-state index in [0.29, 0.717) is 5.54 Å². The molecule has 0 amide bonds. The zero-order valence-corrected chi connectivity index (χ0v) is 16.4. The van der Waals surface area contributed by atoms with E-state index in [4.69, 9.17) is 0 Å². The molecule has 1 heterocycles. The zero-order chi connectivity index (χ0) is 14.4. The molecule has 1 aliphatic heterocycles. The second-order valence-corrected chi connectivity index (χ2v) is 6.63. The van der Waals surface area contributed by atoms with Gasteiger partial charge < -0.3 is 10.2 Å². The van der Waals surface area contributed by atoms with Crippen molar-refractivity contribution in [1.82, 2.24) is 15.1 Å². The van der Waals surface area contributed by atoms with Crippen LogP contribution in [0.4, 0.5) is 0 Å². The van der Waals surface area contributed by atoms with E-state index in [1.807, 2.05) is 7.05 Å². The summed E-state index contributed by atoms with van der Waals surface area (Å²) in [7, 11) is 5.99. The third-order valence-electron chi connectivity index (χ3n) is 5.02. The molecule has 0 bridgehead atoms. The Morgan fingerprint density at radius 2 is 1.62 bits per heavy atom. The molecular formula is C16H33IN4. The van der Waals surface area contributed by atoms with Crippen LogP contribution < -0.4 is 5.32 Å². The first-order valence-corrected chi connectivity index (χ1v) is 8.31. The summed E-state index contributed by atoms with van der Waals surface area (Å²) in [6.07, 6.45) is 11.1. The molecule has 1 saturated carbocycles. The monoisotopic (exact) mass is 408 g/mol. The molecule has 2 fully saturated rings. The summed E-state index contributed by atoms with van der Waals surface area (Å²) in [4.78, 5) is 9.22. The highest BCUT2D eigenvalue weighted by molar-refractivity contribution is 14.0. The molecule has 1 N–H and O–H groups in total. The minimum absolute atomic E-state index is 0. The van der Waals surface area contributed by atoms with Gasteiger partial charge in [0.15, 0.2) is 5.96 Å². The molecule has 0 aromatic rings. The van der Waals surface area contributed by atoms with E-state index in [0.717, 1.165) is 12.5 Å². The fourth-order valence-electron chi connectivity index (χ4n) is 3.86. The normalized spacial score (nSPS) is 23.3. The Morgan fingerprint density at radius 3 is 2.14 bits per heavy atom. The highest BCUT2D eigenvalue weighted by Gasteiger charge is 2.38. The van der Waals surface area contributed by atoms with Gasteiger partial charge in [0.1, 0.15) is 0 Å². The molecule has 0 radical (unpaired) electrons. The molecule has 2 rings (SSSR count). The summed E-state index contributed by atoms with van der Waals surface area (Å²) in [6, 6.07) is 0. The van der Waals surface area contributed by atoms with Crippen LogP contribution in [0.3, 0.4) is 0 Å². The second-order valence-electron chi connectivity index (χ2n) is 6.63. The summed E-state index contributed by atoms with van der Waals surface area (Å²) in [5.74, 6) is 1.01. The van der Waals surface area contributed by atoms with Crippen LogP contribution in [0.1, 0.15) is 51.4 Å². The SMILES string of the molecule is CN=C(NCC1(N2CCCCC2)CCCCC1)N(C)C.I. The van der Waals surface area contributed by atoms with Gasteiger partial charge >= 0.3 is 0 Å². The molecule has 0 unspecified atom stereocenters. The number of nitrogens with one attached hydrogen (secondary N) is 1. The van der Waals surface area contributed by atoms with Crippen molar-refractivity contribution in [2.24, 2.45) is 4.99 Å². The van der Waals surface area contributed by atoms with Crippen LogP contribution in [0.15, 0.2) is 4.99 Å². The van der Waals surface area contributed by atoms with E-state index >= 15 is 0 Å². The minimum Gasteiger partial charge on any atom is -0.354 e. The molecule has 124 valence electrons. The number of rotatable bonds is 3. The fourth-order valence-corrected chi connectivity index (χ4v) is 3.86. The third-order valence-corrected chi connectivity index (χ3v) is 5.02. The minimum atomic E-state index is 0. The van der Waals surface area contributed by atoms with E-state index < -0.39 is 0 Å². The van der Waals surface area contributed by atoms with Crippen molar-refractivity contribution < 1.29 is 0 Å². The van der Waals surface area contributed by atoms with Crippen LogP contribution in [0.5, 0.6) is 0 Å². The lowest BCUT2D eigenvalue weighted by atomic mass is 9.79. The molecule has 21 heavy (non-hydrogen) atoms. The Balaban J connectivity index is 0.00000220. The molecule has 5 heteroatoms. The maximum atomic E-state index is 4.36. The van der Waals surface area contributed by atoms with Crippen molar-refractivity contribution in [2.75, 3.05) is 40.8 Å². The molecular weight excluding hydrogens is 375 g/mol. The molecule has 0 atom stereocenters. The smallest absolute Gasteiger partial charge is 0.193 e. The number of hydrogen-bond donors (Lipinski definition) is 1. The Hall–Kier alpha value is -0.0400. The molecule has 2 aliphatic rings. The van der Waals surface area contributed by atoms with Crippen LogP contribution in [0, 0.1) is 0 Å². The van der Waals surface area contributed by atoms with E-state index in [-0.39, 0.29) is 24.0 Å². The van der Waals surface area contributed by atoms with E-state index in [9.17, 15) is 0 Å². The van der Waals surface area contributed by atoms with Crippen LogP contribution in [-0.2, 0) is 0 Å².